The molecule has 2 amide bonds. The van der Waals surface area contributed by atoms with Crippen LogP contribution in [-0.4, -0.2) is 112 Å². The highest BCUT2D eigenvalue weighted by Crippen LogP contribution is 2.53. The highest BCUT2D eigenvalue weighted by Gasteiger charge is 2.46. The van der Waals surface area contributed by atoms with E-state index in [0.29, 0.717) is 23.0 Å². The molecule has 2 aromatic heterocycles. The zero-order valence-corrected chi connectivity index (χ0v) is 44.2. The fourth-order valence-electron chi connectivity index (χ4n) is 9.49. The van der Waals surface area contributed by atoms with Crippen LogP contribution >= 0.6 is 27.0 Å². The van der Waals surface area contributed by atoms with E-state index in [-0.39, 0.29) is 109 Å². The zero-order valence-electron chi connectivity index (χ0n) is 39.9. The van der Waals surface area contributed by atoms with Crippen LogP contribution < -0.4 is 9.44 Å². The molecule has 26 heteroatoms. The fourth-order valence-corrected chi connectivity index (χ4v) is 14.7. The van der Waals surface area contributed by atoms with E-state index in [4.69, 9.17) is 13.6 Å². The maximum atomic E-state index is 13.7. The monoisotopic (exact) mass is 1100 g/mol. The molecule has 0 bridgehead atoms. The van der Waals surface area contributed by atoms with Crippen molar-refractivity contribution in [3.05, 3.63) is 114 Å². The number of aromatic nitrogens is 3. The topological polar surface area (TPSA) is 294 Å². The number of amides is 2. The lowest BCUT2D eigenvalue weighted by Crippen LogP contribution is -2.49. The van der Waals surface area contributed by atoms with Gasteiger partial charge in [0.25, 0.3) is 31.9 Å². The van der Waals surface area contributed by atoms with E-state index in [2.05, 4.69) is 24.4 Å². The summed E-state index contributed by atoms with van der Waals surface area (Å²) >= 11 is 1.33. The van der Waals surface area contributed by atoms with Crippen LogP contribution in [0.25, 0.3) is 21.3 Å². The van der Waals surface area contributed by atoms with E-state index in [0.717, 1.165) is 4.70 Å². The molecular formula is C47H55N7O14P2S3. The molecule has 6 aromatic rings. The van der Waals surface area contributed by atoms with Crippen LogP contribution in [0.3, 0.4) is 0 Å². The SMILES string of the molecule is CC(C)CC1(OP(=O)(O)OCC(C)CC2(OP(=O)(O)O)CCN(C(=O)c3ccc(NS(=O)(=O)c4cccc5nccnc45)cc3)CC2)CCN(C(=O)c2ccc(NS(=O)(=O)c3cccc4scnc34)cc2)CC1. The molecule has 5 N–H and O–H groups in total. The number of rotatable bonds is 19. The maximum Gasteiger partial charge on any atom is 0.472 e. The first-order valence-electron chi connectivity index (χ1n) is 23.2. The van der Waals surface area contributed by atoms with Crippen molar-refractivity contribution in [2.75, 3.05) is 42.2 Å². The summed E-state index contributed by atoms with van der Waals surface area (Å²) in [4.78, 5) is 73.9. The van der Waals surface area contributed by atoms with Gasteiger partial charge in [0.15, 0.2) is 0 Å². The van der Waals surface area contributed by atoms with E-state index < -0.39 is 58.7 Å². The van der Waals surface area contributed by atoms with Crippen LogP contribution in [0.5, 0.6) is 0 Å². The lowest BCUT2D eigenvalue weighted by atomic mass is 9.83. The molecule has 0 aliphatic carbocycles. The fraction of sp³-hybridized carbons (Fsp3) is 0.383. The van der Waals surface area contributed by atoms with Gasteiger partial charge in [-0.05, 0) is 123 Å². The molecule has 390 valence electrons. The number of carbonyl (C=O) groups excluding carboxylic acids is 2. The summed E-state index contributed by atoms with van der Waals surface area (Å²) < 4.78 is 102. The number of phosphoric ester groups is 2. The third-order valence-corrected chi connectivity index (χ3v) is 18.0. The van der Waals surface area contributed by atoms with Gasteiger partial charge in [0.1, 0.15) is 20.8 Å². The smallest absolute Gasteiger partial charge is 0.338 e. The maximum absolute atomic E-state index is 13.7. The van der Waals surface area contributed by atoms with Gasteiger partial charge in [-0.15, -0.1) is 11.3 Å². The molecule has 73 heavy (non-hydrogen) atoms. The summed E-state index contributed by atoms with van der Waals surface area (Å²) in [7, 11) is -17.9. The Hall–Kier alpha value is -5.23. The number of hydrogen-bond donors (Lipinski definition) is 5. The van der Waals surface area contributed by atoms with Gasteiger partial charge in [0, 0.05) is 61.1 Å². The van der Waals surface area contributed by atoms with Gasteiger partial charge in [-0.1, -0.05) is 32.9 Å². The van der Waals surface area contributed by atoms with Gasteiger partial charge in [0.05, 0.1) is 33.5 Å². The largest absolute Gasteiger partial charge is 0.472 e. The van der Waals surface area contributed by atoms with Crippen LogP contribution in [0.1, 0.15) is 80.0 Å². The number of fused-ring (bicyclic) bond motifs is 2. The molecule has 2 fully saturated rings. The van der Waals surface area contributed by atoms with Gasteiger partial charge < -0.3 is 24.5 Å². The Morgan fingerprint density at radius 2 is 1.16 bits per heavy atom. The van der Waals surface area contributed by atoms with Crippen LogP contribution in [-0.2, 0) is 42.7 Å². The number of carbonyl (C=O) groups is 2. The Kier molecular flexibility index (Phi) is 16.0. The lowest BCUT2D eigenvalue weighted by Gasteiger charge is -2.43. The number of phosphoric acid groups is 2. The van der Waals surface area contributed by atoms with Crippen molar-refractivity contribution in [3.8, 4) is 0 Å². The normalized spacial score (nSPS) is 17.6. The molecule has 2 aliphatic heterocycles. The van der Waals surface area contributed by atoms with Crippen molar-refractivity contribution in [1.82, 2.24) is 24.8 Å². The molecule has 0 radical (unpaired) electrons. The Bertz CT molecular complexity index is 3300. The number of nitrogens with one attached hydrogen (secondary N) is 2. The second-order valence-electron chi connectivity index (χ2n) is 18.8. The molecule has 2 atom stereocenters. The molecule has 2 saturated heterocycles. The minimum atomic E-state index is -5.06. The molecule has 2 aliphatic rings. The minimum absolute atomic E-state index is 0.00788. The Morgan fingerprint density at radius 1 is 0.671 bits per heavy atom. The first-order valence-corrected chi connectivity index (χ1v) is 30.1. The predicted molar refractivity (Wildman–Crippen MR) is 273 cm³/mol. The third kappa shape index (κ3) is 13.2. The van der Waals surface area contributed by atoms with Crippen molar-refractivity contribution in [2.24, 2.45) is 11.8 Å². The first-order chi connectivity index (χ1) is 34.4. The molecule has 0 spiro atoms. The number of thiazole rings is 1. The second kappa shape index (κ2) is 21.5. The van der Waals surface area contributed by atoms with Crippen LogP contribution in [0.15, 0.2) is 113 Å². The van der Waals surface area contributed by atoms with Crippen molar-refractivity contribution in [3.63, 3.8) is 0 Å². The number of likely N-dealkylation sites (tertiary alicyclic amines) is 2. The van der Waals surface area contributed by atoms with Gasteiger partial charge in [0.2, 0.25) is 0 Å². The van der Waals surface area contributed by atoms with Crippen LogP contribution in [0, 0.1) is 11.8 Å². The number of sulfonamides is 2. The Labute approximate surface area is 426 Å². The number of hydrogen-bond acceptors (Lipinski definition) is 15. The second-order valence-corrected chi connectivity index (χ2v) is 25.5. The molecule has 21 nitrogen and oxygen atoms in total. The molecule has 4 heterocycles. The number of nitrogens with zero attached hydrogens (tertiary/aromatic N) is 5. The van der Waals surface area contributed by atoms with Crippen LogP contribution in [0.2, 0.25) is 0 Å². The van der Waals surface area contributed by atoms with Crippen molar-refractivity contribution < 1.29 is 63.8 Å². The molecule has 8 rings (SSSR count). The quantitative estimate of drug-likeness (QED) is 0.0483. The van der Waals surface area contributed by atoms with E-state index in [1.54, 1.807) is 41.6 Å². The highest BCUT2D eigenvalue weighted by atomic mass is 32.2. The summed E-state index contributed by atoms with van der Waals surface area (Å²) in [6.45, 7) is 5.66. The molecule has 4 aromatic carbocycles. The van der Waals surface area contributed by atoms with Gasteiger partial charge >= 0.3 is 15.6 Å². The number of piperidine rings is 2. The van der Waals surface area contributed by atoms with E-state index in [1.807, 2.05) is 13.8 Å². The Balaban J connectivity index is 0.838. The summed E-state index contributed by atoms with van der Waals surface area (Å²) in [5, 5.41) is 0. The number of para-hydroxylation sites is 2. The van der Waals surface area contributed by atoms with Gasteiger partial charge in [-0.3, -0.25) is 42.6 Å². The van der Waals surface area contributed by atoms with Crippen molar-refractivity contribution in [1.29, 1.82) is 0 Å². The highest BCUT2D eigenvalue weighted by molar-refractivity contribution is 7.93. The zero-order chi connectivity index (χ0) is 52.4. The average molecular weight is 1100 g/mol. The van der Waals surface area contributed by atoms with Crippen molar-refractivity contribution >= 4 is 91.5 Å². The summed E-state index contributed by atoms with van der Waals surface area (Å²) in [5.74, 6) is -1.28. The number of benzene rings is 4. The van der Waals surface area contributed by atoms with Gasteiger partial charge in [-0.25, -0.2) is 30.9 Å². The van der Waals surface area contributed by atoms with E-state index in [1.165, 1.54) is 89.3 Å². The first kappa shape index (κ1) is 54.0. The molecule has 2 unspecified atom stereocenters. The Morgan fingerprint density at radius 3 is 1.68 bits per heavy atom. The average Bonchev–Trinajstić information content (AvgIpc) is 3.82. The van der Waals surface area contributed by atoms with Crippen LogP contribution in [0.4, 0.5) is 11.4 Å². The van der Waals surface area contributed by atoms with Gasteiger partial charge in [-0.2, -0.15) is 0 Å². The predicted octanol–water partition coefficient (Wildman–Crippen LogP) is 7.81. The summed E-state index contributed by atoms with van der Waals surface area (Å²) in [6, 6.07) is 21.4. The van der Waals surface area contributed by atoms with Crippen molar-refractivity contribution in [2.45, 2.75) is 80.3 Å². The standard InChI is InChI=1S/C47H55N7O14P2S3/c1-32(2)28-46(18-24-53(25-19-46)44(55)34-12-16-37(17-13-34)52-73(64,65)41-9-5-7-39-43(41)50-31-71-39)68-70(60,61)66-30-33(3)29-47(67-69(57,58)59)20-26-54(27-21-47)45(56)35-10-14-36(15-11-35)51-72(62,63)40-8-4-6-38-42(40)49-23-22-48-38/h4-17,22-23,31-33,51-52H,18-21,24-30H2,1-3H3,(H,60,61)(H2,57,58,59). The lowest BCUT2D eigenvalue weighted by molar-refractivity contribution is -0.0466. The molecular weight excluding hydrogens is 1040 g/mol. The number of anilines is 2. The summed E-state index contributed by atoms with van der Waals surface area (Å²) in [6.07, 6.45) is 3.65. The minimum Gasteiger partial charge on any atom is -0.338 e. The summed E-state index contributed by atoms with van der Waals surface area (Å²) in [5.41, 5.74) is 0.981. The van der Waals surface area contributed by atoms with E-state index in [9.17, 15) is 50.2 Å². The molecule has 0 saturated carbocycles. The van der Waals surface area contributed by atoms with E-state index >= 15 is 0 Å². The third-order valence-electron chi connectivity index (χ3n) is 12.7.